The predicted octanol–water partition coefficient (Wildman–Crippen LogP) is 2.62. The van der Waals surface area contributed by atoms with Crippen LogP contribution in [0.3, 0.4) is 0 Å². The zero-order valence-electron chi connectivity index (χ0n) is 9.73. The number of hydrogen-bond donors (Lipinski definition) is 0. The summed E-state index contributed by atoms with van der Waals surface area (Å²) in [6, 6.07) is 7.85. The van der Waals surface area contributed by atoms with E-state index in [1.54, 1.807) is 13.2 Å². The fourth-order valence-corrected chi connectivity index (χ4v) is 1.65. The number of rotatable bonds is 4. The number of esters is 1. The first-order valence-electron chi connectivity index (χ1n) is 5.43. The average molecular weight is 230 g/mol. The Kier molecular flexibility index (Phi) is 3.28. The molecular formula is C14H14O3. The first-order chi connectivity index (χ1) is 8.19. The number of benzene rings is 1. The standard InChI is InChI=1S/C14H14O3/c1-10-9-13(17-14(10)15)8-5-11-3-6-12(16-2)7-4-11/h3-4,6-7,9H,1,5,8H2,2H3. The third kappa shape index (κ3) is 2.75. The second-order valence-electron chi connectivity index (χ2n) is 3.87. The van der Waals surface area contributed by atoms with E-state index in [1.807, 2.05) is 24.3 Å². The highest BCUT2D eigenvalue weighted by Gasteiger charge is 2.18. The molecule has 0 aliphatic carbocycles. The second-order valence-corrected chi connectivity index (χ2v) is 3.87. The molecule has 0 N–H and O–H groups in total. The van der Waals surface area contributed by atoms with Crippen LogP contribution in [-0.4, -0.2) is 13.1 Å². The third-order valence-corrected chi connectivity index (χ3v) is 2.64. The SMILES string of the molecule is C=C1C=C(CCc2ccc(OC)cc2)OC1=O. The van der Waals surface area contributed by atoms with Crippen molar-refractivity contribution in [2.75, 3.05) is 7.11 Å². The average Bonchev–Trinajstić information content (AvgIpc) is 2.67. The number of aryl methyl sites for hydroxylation is 1. The Labute approximate surface area is 100 Å². The van der Waals surface area contributed by atoms with Crippen molar-refractivity contribution < 1.29 is 14.3 Å². The van der Waals surface area contributed by atoms with Gasteiger partial charge in [0, 0.05) is 6.42 Å². The monoisotopic (exact) mass is 230 g/mol. The summed E-state index contributed by atoms with van der Waals surface area (Å²) in [5.74, 6) is 1.19. The van der Waals surface area contributed by atoms with Gasteiger partial charge in [-0.1, -0.05) is 18.7 Å². The molecule has 0 fully saturated rings. The van der Waals surface area contributed by atoms with Crippen LogP contribution in [0, 0.1) is 0 Å². The fraction of sp³-hybridized carbons (Fsp3) is 0.214. The van der Waals surface area contributed by atoms with Gasteiger partial charge in [-0.3, -0.25) is 0 Å². The lowest BCUT2D eigenvalue weighted by Gasteiger charge is -2.04. The Morgan fingerprint density at radius 3 is 2.47 bits per heavy atom. The highest BCUT2D eigenvalue weighted by Crippen LogP contribution is 2.21. The number of cyclic esters (lactones) is 1. The van der Waals surface area contributed by atoms with Crippen LogP contribution >= 0.6 is 0 Å². The maximum absolute atomic E-state index is 11.1. The van der Waals surface area contributed by atoms with E-state index in [1.165, 1.54) is 5.56 Å². The number of methoxy groups -OCH3 is 1. The molecule has 1 aliphatic rings. The number of carbonyl (C=O) groups is 1. The molecule has 0 radical (unpaired) electrons. The Morgan fingerprint density at radius 2 is 1.94 bits per heavy atom. The Hall–Kier alpha value is -2.03. The van der Waals surface area contributed by atoms with Gasteiger partial charge < -0.3 is 9.47 Å². The Morgan fingerprint density at radius 1 is 1.24 bits per heavy atom. The third-order valence-electron chi connectivity index (χ3n) is 2.64. The van der Waals surface area contributed by atoms with E-state index in [2.05, 4.69) is 6.58 Å². The van der Waals surface area contributed by atoms with Crippen molar-refractivity contribution in [3.8, 4) is 5.75 Å². The van der Waals surface area contributed by atoms with Crippen molar-refractivity contribution in [1.82, 2.24) is 0 Å². The Balaban J connectivity index is 1.92. The molecule has 0 atom stereocenters. The van der Waals surface area contributed by atoms with E-state index in [-0.39, 0.29) is 5.97 Å². The number of allylic oxidation sites excluding steroid dienone is 1. The molecule has 1 aliphatic heterocycles. The minimum absolute atomic E-state index is 0.338. The van der Waals surface area contributed by atoms with Crippen LogP contribution in [0.5, 0.6) is 5.75 Å². The molecule has 3 nitrogen and oxygen atoms in total. The molecule has 3 heteroatoms. The minimum atomic E-state index is -0.338. The molecule has 0 unspecified atom stereocenters. The summed E-state index contributed by atoms with van der Waals surface area (Å²) >= 11 is 0. The van der Waals surface area contributed by atoms with E-state index < -0.39 is 0 Å². The number of hydrogen-bond acceptors (Lipinski definition) is 3. The zero-order chi connectivity index (χ0) is 12.3. The van der Waals surface area contributed by atoms with Gasteiger partial charge in [0.1, 0.15) is 11.5 Å². The van der Waals surface area contributed by atoms with Gasteiger partial charge in [-0.25, -0.2) is 4.79 Å². The quantitative estimate of drug-likeness (QED) is 0.589. The largest absolute Gasteiger partial charge is 0.497 e. The molecule has 88 valence electrons. The predicted molar refractivity (Wildman–Crippen MR) is 64.6 cm³/mol. The lowest BCUT2D eigenvalue weighted by atomic mass is 10.1. The summed E-state index contributed by atoms with van der Waals surface area (Å²) in [5, 5.41) is 0. The summed E-state index contributed by atoms with van der Waals surface area (Å²) in [6.45, 7) is 3.60. The van der Waals surface area contributed by atoms with E-state index in [0.29, 0.717) is 17.8 Å². The van der Waals surface area contributed by atoms with Crippen LogP contribution in [-0.2, 0) is 16.0 Å². The van der Waals surface area contributed by atoms with Crippen LogP contribution in [0.1, 0.15) is 12.0 Å². The lowest BCUT2D eigenvalue weighted by molar-refractivity contribution is -0.133. The molecule has 0 amide bonds. The van der Waals surface area contributed by atoms with E-state index in [0.717, 1.165) is 12.2 Å². The van der Waals surface area contributed by atoms with Gasteiger partial charge in [-0.15, -0.1) is 0 Å². The van der Waals surface area contributed by atoms with Crippen LogP contribution in [0.25, 0.3) is 0 Å². The maximum atomic E-state index is 11.1. The topological polar surface area (TPSA) is 35.5 Å². The van der Waals surface area contributed by atoms with Gasteiger partial charge in [0.2, 0.25) is 0 Å². The van der Waals surface area contributed by atoms with Crippen LogP contribution in [0.4, 0.5) is 0 Å². The normalized spacial score (nSPS) is 14.5. The molecule has 1 aromatic carbocycles. The van der Waals surface area contributed by atoms with Crippen molar-refractivity contribution in [2.45, 2.75) is 12.8 Å². The molecule has 1 heterocycles. The molecule has 2 rings (SSSR count). The smallest absolute Gasteiger partial charge is 0.342 e. The van der Waals surface area contributed by atoms with Gasteiger partial charge >= 0.3 is 5.97 Å². The minimum Gasteiger partial charge on any atom is -0.497 e. The first kappa shape index (κ1) is 11.5. The second kappa shape index (κ2) is 4.87. The fourth-order valence-electron chi connectivity index (χ4n) is 1.65. The highest BCUT2D eigenvalue weighted by molar-refractivity contribution is 5.94. The van der Waals surface area contributed by atoms with Crippen molar-refractivity contribution in [1.29, 1.82) is 0 Å². The highest BCUT2D eigenvalue weighted by atomic mass is 16.5. The summed E-state index contributed by atoms with van der Waals surface area (Å²) < 4.78 is 10.1. The van der Waals surface area contributed by atoms with Gasteiger partial charge in [-0.05, 0) is 30.2 Å². The molecule has 17 heavy (non-hydrogen) atoms. The summed E-state index contributed by atoms with van der Waals surface area (Å²) in [4.78, 5) is 11.1. The van der Waals surface area contributed by atoms with Gasteiger partial charge in [-0.2, -0.15) is 0 Å². The lowest BCUT2D eigenvalue weighted by Crippen LogP contribution is -1.97. The number of carbonyl (C=O) groups excluding carboxylic acids is 1. The molecule has 1 aromatic rings. The molecule has 0 aromatic heterocycles. The van der Waals surface area contributed by atoms with Crippen LogP contribution in [0.15, 0.2) is 48.3 Å². The van der Waals surface area contributed by atoms with E-state index in [9.17, 15) is 4.79 Å². The van der Waals surface area contributed by atoms with E-state index >= 15 is 0 Å². The molecule has 0 saturated heterocycles. The molecule has 0 spiro atoms. The van der Waals surface area contributed by atoms with Gasteiger partial charge in [0.25, 0.3) is 0 Å². The molecular weight excluding hydrogens is 216 g/mol. The maximum Gasteiger partial charge on any atom is 0.342 e. The Bertz CT molecular complexity index is 469. The van der Waals surface area contributed by atoms with E-state index in [4.69, 9.17) is 9.47 Å². The van der Waals surface area contributed by atoms with Crippen LogP contribution in [0.2, 0.25) is 0 Å². The van der Waals surface area contributed by atoms with Crippen molar-refractivity contribution in [2.24, 2.45) is 0 Å². The first-order valence-corrected chi connectivity index (χ1v) is 5.43. The number of ether oxygens (including phenoxy) is 2. The summed E-state index contributed by atoms with van der Waals surface area (Å²) in [6.07, 6.45) is 3.24. The summed E-state index contributed by atoms with van der Waals surface area (Å²) in [7, 11) is 1.64. The van der Waals surface area contributed by atoms with Crippen LogP contribution < -0.4 is 4.74 Å². The van der Waals surface area contributed by atoms with Crippen molar-refractivity contribution in [3.63, 3.8) is 0 Å². The van der Waals surface area contributed by atoms with Gasteiger partial charge in [0.05, 0.1) is 12.7 Å². The molecule has 0 saturated carbocycles. The van der Waals surface area contributed by atoms with Crippen molar-refractivity contribution >= 4 is 5.97 Å². The molecule has 0 bridgehead atoms. The van der Waals surface area contributed by atoms with Gasteiger partial charge in [0.15, 0.2) is 0 Å². The van der Waals surface area contributed by atoms with Crippen molar-refractivity contribution in [3.05, 3.63) is 53.8 Å². The summed E-state index contributed by atoms with van der Waals surface area (Å²) in [5.41, 5.74) is 1.61. The zero-order valence-corrected chi connectivity index (χ0v) is 9.73.